The summed E-state index contributed by atoms with van der Waals surface area (Å²) in [5, 5.41) is 17.2. The monoisotopic (exact) mass is 1040 g/mol. The van der Waals surface area contributed by atoms with Crippen molar-refractivity contribution in [3.63, 3.8) is 0 Å². The molecule has 3 amide bonds. The molecule has 16 nitrogen and oxygen atoms in total. The topological polar surface area (TPSA) is 171 Å². The second-order valence-corrected chi connectivity index (χ2v) is 23.1. The molecule has 4 saturated heterocycles. The lowest BCUT2D eigenvalue weighted by molar-refractivity contribution is -0.171. The highest BCUT2D eigenvalue weighted by atomic mass is 16.5. The van der Waals surface area contributed by atoms with Crippen molar-refractivity contribution in [3.8, 4) is 28.1 Å². The van der Waals surface area contributed by atoms with E-state index in [-0.39, 0.29) is 54.6 Å². The molecule has 7 heterocycles. The Labute approximate surface area is 447 Å². The van der Waals surface area contributed by atoms with Crippen LogP contribution >= 0.6 is 0 Å². The number of rotatable bonds is 11. The summed E-state index contributed by atoms with van der Waals surface area (Å²) in [5.41, 5.74) is 11.9. The third-order valence-electron chi connectivity index (χ3n) is 16.9. The average molecular weight is 1040 g/mol. The maximum Gasteiger partial charge on any atom is 0.325 e. The van der Waals surface area contributed by atoms with Gasteiger partial charge >= 0.3 is 5.97 Å². The molecule has 0 spiro atoms. The fraction of sp³-hybridized carbons (Fsp3) is 0.517. The number of fused-ring (bicyclic) bond motifs is 4. The summed E-state index contributed by atoms with van der Waals surface area (Å²) in [6.07, 6.45) is 3.31. The van der Waals surface area contributed by atoms with Gasteiger partial charge in [0.25, 0.3) is 11.8 Å². The lowest BCUT2D eigenvalue weighted by Gasteiger charge is -2.53. The molecule has 404 valence electrons. The van der Waals surface area contributed by atoms with E-state index >= 15 is 4.79 Å². The van der Waals surface area contributed by atoms with Gasteiger partial charge in [-0.15, -0.1) is 0 Å². The van der Waals surface area contributed by atoms with E-state index in [0.717, 1.165) is 82.0 Å². The first-order valence-electron chi connectivity index (χ1n) is 27.4. The number of benzene rings is 3. The number of pyridine rings is 1. The summed E-state index contributed by atoms with van der Waals surface area (Å²) in [5.74, 6) is -2.20. The van der Waals surface area contributed by atoms with E-state index in [4.69, 9.17) is 19.2 Å². The summed E-state index contributed by atoms with van der Waals surface area (Å²) in [6, 6.07) is 20.7. The number of carbonyl (C=O) groups excluding carboxylic acids is 4. The number of esters is 1. The summed E-state index contributed by atoms with van der Waals surface area (Å²) in [7, 11) is 5.49. The van der Waals surface area contributed by atoms with Gasteiger partial charge in [-0.05, 0) is 117 Å². The van der Waals surface area contributed by atoms with Gasteiger partial charge in [-0.3, -0.25) is 29.2 Å². The molecule has 5 fully saturated rings. The highest BCUT2D eigenvalue weighted by molar-refractivity contribution is 5.96. The lowest BCUT2D eigenvalue weighted by atomic mass is 9.73. The minimum Gasteiger partial charge on any atom is -0.508 e. The van der Waals surface area contributed by atoms with Crippen molar-refractivity contribution >= 4 is 40.3 Å². The van der Waals surface area contributed by atoms with Crippen LogP contribution in [0.5, 0.6) is 5.75 Å². The van der Waals surface area contributed by atoms with Gasteiger partial charge in [-0.1, -0.05) is 70.2 Å². The first-order valence-corrected chi connectivity index (χ1v) is 27.4. The van der Waals surface area contributed by atoms with E-state index in [1.807, 2.05) is 63.4 Å². The van der Waals surface area contributed by atoms with Crippen LogP contribution in [0.25, 0.3) is 33.3 Å². The summed E-state index contributed by atoms with van der Waals surface area (Å²) < 4.78 is 20.8. The van der Waals surface area contributed by atoms with E-state index < -0.39 is 47.4 Å². The van der Waals surface area contributed by atoms with E-state index in [1.165, 1.54) is 9.91 Å². The third kappa shape index (κ3) is 10.3. The number of phenolic OH excluding ortho intramolecular Hbond substituents is 1. The molecule has 6 aliphatic rings. The molecular formula is C60H76N8O8. The zero-order chi connectivity index (χ0) is 53.7. The number of likely N-dealkylation sites (N-methyl/N-ethyl adjacent to an activating group) is 2. The zero-order valence-electron chi connectivity index (χ0n) is 45.7. The van der Waals surface area contributed by atoms with Gasteiger partial charge in [-0.2, -0.15) is 0 Å². The predicted octanol–water partition coefficient (Wildman–Crippen LogP) is 7.26. The lowest BCUT2D eigenvalue weighted by Crippen LogP contribution is -2.72. The Hall–Kier alpha value is -6.33. The van der Waals surface area contributed by atoms with Crippen molar-refractivity contribution in [1.29, 1.82) is 0 Å². The van der Waals surface area contributed by atoms with Crippen molar-refractivity contribution in [1.82, 2.24) is 35.1 Å². The van der Waals surface area contributed by atoms with Crippen molar-refractivity contribution in [2.45, 2.75) is 122 Å². The minimum atomic E-state index is -1.15. The SMILES string of the molecule is CCn1c(-c2cc(N3CCN(C)CC3)cnc2[C@H](C)OC)c2c3cc(ccc31)-c1cc(O)cc(c1)C[C@H](NC(=O)[C@H](C(C)C)N(C)C(=O)[C@@H]1OCCC1c1ccccc1)C(=O)N1N[C@@H](C(=O)OCC(C)(C)C2)C2CC1C2. The second-order valence-electron chi connectivity index (χ2n) is 23.1. The van der Waals surface area contributed by atoms with Crippen molar-refractivity contribution in [2.24, 2.45) is 17.3 Å². The number of carbonyl (C=O) groups is 4. The number of hydrogen-bond donors (Lipinski definition) is 3. The van der Waals surface area contributed by atoms with Crippen LogP contribution in [0.3, 0.4) is 0 Å². The molecule has 16 heteroatoms. The number of aromatic nitrogens is 2. The number of methoxy groups -OCH3 is 1. The van der Waals surface area contributed by atoms with E-state index in [9.17, 15) is 19.5 Å². The van der Waals surface area contributed by atoms with Gasteiger partial charge in [-0.25, -0.2) is 5.43 Å². The smallest absolute Gasteiger partial charge is 0.325 e. The van der Waals surface area contributed by atoms with Crippen LogP contribution in [0.15, 0.2) is 79.0 Å². The van der Waals surface area contributed by atoms with Gasteiger partial charge in [0, 0.05) is 93.8 Å². The van der Waals surface area contributed by atoms with Crippen LogP contribution in [0.4, 0.5) is 5.69 Å². The molecule has 8 bridgehead atoms. The van der Waals surface area contributed by atoms with Crippen molar-refractivity contribution in [3.05, 3.63) is 101 Å². The molecule has 76 heavy (non-hydrogen) atoms. The van der Waals surface area contributed by atoms with Crippen LogP contribution in [0, 0.1) is 17.3 Å². The molecule has 0 radical (unpaired) electrons. The molecule has 3 aromatic carbocycles. The Morgan fingerprint density at radius 3 is 2.45 bits per heavy atom. The second kappa shape index (κ2) is 21.6. The molecule has 6 atom stereocenters. The molecule has 5 aliphatic heterocycles. The largest absolute Gasteiger partial charge is 0.508 e. The van der Waals surface area contributed by atoms with Gasteiger partial charge in [0.1, 0.15) is 30.0 Å². The van der Waals surface area contributed by atoms with Gasteiger partial charge in [0.05, 0.1) is 36.0 Å². The number of nitrogens with one attached hydrogen (secondary N) is 2. The number of hydrazine groups is 1. The van der Waals surface area contributed by atoms with Gasteiger partial charge in [0.2, 0.25) is 5.91 Å². The van der Waals surface area contributed by atoms with Crippen molar-refractivity contribution in [2.75, 3.05) is 65.5 Å². The molecule has 11 rings (SSSR count). The molecule has 1 aliphatic carbocycles. The number of aromatic hydroxyl groups is 1. The Balaban J connectivity index is 1.06. The zero-order valence-corrected chi connectivity index (χ0v) is 45.7. The van der Waals surface area contributed by atoms with E-state index in [2.05, 4.69) is 77.2 Å². The Bertz CT molecular complexity index is 2980. The number of nitrogens with zero attached hydrogens (tertiary/aromatic N) is 6. The quantitative estimate of drug-likeness (QED) is 0.113. The number of amides is 3. The van der Waals surface area contributed by atoms with Crippen molar-refractivity contribution < 1.29 is 38.5 Å². The Kier molecular flexibility index (Phi) is 15.1. The third-order valence-corrected chi connectivity index (χ3v) is 16.9. The highest BCUT2D eigenvalue weighted by Gasteiger charge is 2.52. The number of ether oxygens (including phenoxy) is 3. The van der Waals surface area contributed by atoms with E-state index in [0.29, 0.717) is 44.4 Å². The number of anilines is 1. The first-order chi connectivity index (χ1) is 36.4. The van der Waals surface area contributed by atoms with Crippen LogP contribution in [0.2, 0.25) is 0 Å². The highest BCUT2D eigenvalue weighted by Crippen LogP contribution is 2.44. The van der Waals surface area contributed by atoms with E-state index in [1.54, 1.807) is 26.3 Å². The van der Waals surface area contributed by atoms with Crippen LogP contribution < -0.4 is 15.6 Å². The Morgan fingerprint density at radius 2 is 1.74 bits per heavy atom. The molecular weight excluding hydrogens is 961 g/mol. The molecule has 2 aromatic heterocycles. The maximum atomic E-state index is 15.2. The molecule has 1 unspecified atom stereocenters. The fourth-order valence-electron chi connectivity index (χ4n) is 12.6. The Morgan fingerprint density at radius 1 is 0.987 bits per heavy atom. The molecule has 1 saturated carbocycles. The summed E-state index contributed by atoms with van der Waals surface area (Å²) in [4.78, 5) is 70.2. The number of piperazine rings is 1. The normalized spacial score (nSPS) is 24.7. The minimum absolute atomic E-state index is 0.00774. The van der Waals surface area contributed by atoms with Gasteiger partial charge < -0.3 is 43.9 Å². The number of aryl methyl sites for hydroxylation is 1. The summed E-state index contributed by atoms with van der Waals surface area (Å²) in [6.45, 7) is 17.0. The van der Waals surface area contributed by atoms with Crippen LogP contribution in [0.1, 0.15) is 95.2 Å². The van der Waals surface area contributed by atoms with Crippen LogP contribution in [-0.2, 0) is 52.8 Å². The average Bonchev–Trinajstić information content (AvgIpc) is 4.08. The standard InChI is InChI=1S/C60H76N8O8/c1-10-67-50-17-16-39-30-46(50)48(54(67)47-31-43(33-61-51(47)36(4)74-9)66-21-19-64(7)20-22-66)32-60(5,6)34-76-59(73)52-41-27-42(28-41)68(63-52)57(71)49(26-37-24-40(39)29-44(69)25-37)62-56(70)53(35(2)3)65(8)58(72)55-45(18-23-75-55)38-14-12-11-13-15-38/h11-17,24-25,29-31,33,35-36,41-42,45,49,52-53,55,63,69H,10,18-23,26-28,32,34H2,1-9H3,(H,62,70)/t36-,41?,42?,45?,49-,52+,53-,55+/m0/s1. The number of cyclic esters (lactones) is 1. The summed E-state index contributed by atoms with van der Waals surface area (Å²) >= 11 is 0. The maximum absolute atomic E-state index is 15.2. The number of hydrogen-bond acceptors (Lipinski definition) is 12. The first kappa shape index (κ1) is 53.1. The molecule has 5 aromatic rings. The number of phenols is 1. The predicted molar refractivity (Wildman–Crippen MR) is 292 cm³/mol. The fourth-order valence-corrected chi connectivity index (χ4v) is 12.6. The molecule has 3 N–H and O–H groups in total. The van der Waals surface area contributed by atoms with Crippen LogP contribution in [-0.4, -0.2) is 144 Å². The van der Waals surface area contributed by atoms with Gasteiger partial charge in [0.15, 0.2) is 0 Å².